The molecule has 36 heavy (non-hydrogen) atoms. The van der Waals surface area contributed by atoms with Gasteiger partial charge in [0.15, 0.2) is 0 Å². The lowest BCUT2D eigenvalue weighted by molar-refractivity contribution is -0.132. The number of methoxy groups -OCH3 is 1. The van der Waals surface area contributed by atoms with Crippen LogP contribution in [-0.4, -0.2) is 44.6 Å². The van der Waals surface area contributed by atoms with Crippen molar-refractivity contribution in [3.63, 3.8) is 0 Å². The molecule has 1 aliphatic rings. The molecule has 0 aromatic heterocycles. The largest absolute Gasteiger partial charge is 0.507 e. The van der Waals surface area contributed by atoms with E-state index in [1.807, 2.05) is 63.2 Å². The van der Waals surface area contributed by atoms with Crippen LogP contribution < -0.4 is 19.3 Å². The van der Waals surface area contributed by atoms with Gasteiger partial charge in [0.2, 0.25) is 0 Å². The number of rotatable bonds is 7. The summed E-state index contributed by atoms with van der Waals surface area (Å²) in [5.74, 6) is -0.410. The first-order valence-corrected chi connectivity index (χ1v) is 11.7. The molecule has 1 heterocycles. The van der Waals surface area contributed by atoms with Gasteiger partial charge in [0.25, 0.3) is 11.7 Å². The Morgan fingerprint density at radius 3 is 2.36 bits per heavy atom. The van der Waals surface area contributed by atoms with E-state index in [9.17, 15) is 14.7 Å². The van der Waals surface area contributed by atoms with Gasteiger partial charge in [-0.3, -0.25) is 14.5 Å². The van der Waals surface area contributed by atoms with Crippen LogP contribution in [0.3, 0.4) is 0 Å². The van der Waals surface area contributed by atoms with Crippen molar-refractivity contribution in [1.82, 2.24) is 0 Å². The Morgan fingerprint density at radius 1 is 1.03 bits per heavy atom. The van der Waals surface area contributed by atoms with E-state index in [-0.39, 0.29) is 11.3 Å². The van der Waals surface area contributed by atoms with Gasteiger partial charge in [-0.25, -0.2) is 0 Å². The van der Waals surface area contributed by atoms with Crippen LogP contribution >= 0.6 is 0 Å². The number of anilines is 2. The highest BCUT2D eigenvalue weighted by molar-refractivity contribution is 6.51. The number of aliphatic hydroxyl groups excluding tert-OH is 1. The van der Waals surface area contributed by atoms with Crippen LogP contribution in [0.15, 0.2) is 72.3 Å². The van der Waals surface area contributed by atoms with Crippen LogP contribution in [-0.2, 0) is 9.59 Å². The Bertz CT molecular complexity index is 1330. The van der Waals surface area contributed by atoms with Gasteiger partial charge in [0, 0.05) is 31.0 Å². The number of Topliss-reactive ketones (excluding diaryl/α,β-unsaturated/α-hetero) is 1. The summed E-state index contributed by atoms with van der Waals surface area (Å²) in [7, 11) is 5.43. The lowest BCUT2D eigenvalue weighted by Gasteiger charge is -2.26. The lowest BCUT2D eigenvalue weighted by Crippen LogP contribution is -2.29. The Morgan fingerprint density at radius 2 is 1.75 bits per heavy atom. The molecule has 1 N–H and O–H groups in total. The van der Waals surface area contributed by atoms with Gasteiger partial charge in [-0.15, -0.1) is 0 Å². The van der Waals surface area contributed by atoms with Gasteiger partial charge in [-0.1, -0.05) is 12.1 Å². The molecule has 7 heteroatoms. The number of hydrogen-bond acceptors (Lipinski definition) is 6. The number of nitrogens with zero attached hydrogens (tertiary/aromatic N) is 2. The monoisotopic (exact) mass is 486 g/mol. The Hall–Kier alpha value is -4.26. The van der Waals surface area contributed by atoms with Crippen molar-refractivity contribution >= 4 is 28.8 Å². The third-order valence-corrected chi connectivity index (χ3v) is 6.24. The van der Waals surface area contributed by atoms with Gasteiger partial charge in [-0.05, 0) is 79.6 Å². The average molecular weight is 487 g/mol. The number of benzene rings is 3. The summed E-state index contributed by atoms with van der Waals surface area (Å²) in [5.41, 5.74) is 3.42. The number of amides is 1. The SMILES string of the molecule is CCOc1cccc(C2/C(=C(\O)c3ccc(OC)c(C)c3)C(=O)C(=O)N2c2ccc(N(C)C)cc2)c1. The number of ketones is 1. The van der Waals surface area contributed by atoms with Crippen LogP contribution in [0, 0.1) is 6.92 Å². The molecule has 0 spiro atoms. The van der Waals surface area contributed by atoms with E-state index in [0.717, 1.165) is 11.3 Å². The van der Waals surface area contributed by atoms with Gasteiger partial charge in [0.05, 0.1) is 25.3 Å². The highest BCUT2D eigenvalue weighted by atomic mass is 16.5. The van der Waals surface area contributed by atoms with Crippen LogP contribution in [0.2, 0.25) is 0 Å². The van der Waals surface area contributed by atoms with E-state index in [1.165, 1.54) is 4.90 Å². The lowest BCUT2D eigenvalue weighted by atomic mass is 9.94. The number of aryl methyl sites for hydroxylation is 1. The highest BCUT2D eigenvalue weighted by Crippen LogP contribution is 2.43. The first-order chi connectivity index (χ1) is 17.3. The molecule has 0 saturated carbocycles. The third-order valence-electron chi connectivity index (χ3n) is 6.24. The second-order valence-electron chi connectivity index (χ2n) is 8.77. The van der Waals surface area contributed by atoms with Gasteiger partial charge in [0.1, 0.15) is 17.3 Å². The molecule has 1 fully saturated rings. The van der Waals surface area contributed by atoms with Crippen molar-refractivity contribution in [2.24, 2.45) is 0 Å². The quantitative estimate of drug-likeness (QED) is 0.285. The number of carbonyl (C=O) groups is 2. The Labute approximate surface area is 211 Å². The Kier molecular flexibility index (Phi) is 7.01. The molecule has 7 nitrogen and oxygen atoms in total. The first-order valence-electron chi connectivity index (χ1n) is 11.7. The van der Waals surface area contributed by atoms with Crippen molar-refractivity contribution in [3.05, 3.63) is 89.0 Å². The molecular formula is C29H30N2O5. The standard InChI is InChI=1S/C29H30N2O5/c1-6-36-23-9-7-8-19(17-23)26-25(27(32)20-10-15-24(35-5)18(2)16-20)28(33)29(34)31(26)22-13-11-21(12-14-22)30(3)4/h7-17,26,32H,6H2,1-5H3/b27-25+. The van der Waals surface area contributed by atoms with Crippen molar-refractivity contribution < 1.29 is 24.2 Å². The molecule has 0 aliphatic carbocycles. The number of carbonyl (C=O) groups excluding carboxylic acids is 2. The second kappa shape index (κ2) is 10.2. The highest BCUT2D eigenvalue weighted by Gasteiger charge is 2.47. The van der Waals surface area contributed by atoms with Gasteiger partial charge < -0.3 is 19.5 Å². The molecular weight excluding hydrogens is 456 g/mol. The minimum Gasteiger partial charge on any atom is -0.507 e. The maximum atomic E-state index is 13.4. The van der Waals surface area contributed by atoms with Crippen LogP contribution in [0.4, 0.5) is 11.4 Å². The van der Waals surface area contributed by atoms with Crippen LogP contribution in [0.25, 0.3) is 5.76 Å². The number of hydrogen-bond donors (Lipinski definition) is 1. The molecule has 1 saturated heterocycles. The van der Waals surface area contributed by atoms with Crippen LogP contribution in [0.1, 0.15) is 29.7 Å². The molecule has 1 atom stereocenters. The predicted octanol–water partition coefficient (Wildman–Crippen LogP) is 5.09. The topological polar surface area (TPSA) is 79.3 Å². The van der Waals surface area contributed by atoms with Gasteiger partial charge >= 0.3 is 0 Å². The zero-order valence-corrected chi connectivity index (χ0v) is 21.1. The van der Waals surface area contributed by atoms with E-state index in [1.54, 1.807) is 43.5 Å². The minimum atomic E-state index is -0.835. The van der Waals surface area contributed by atoms with Gasteiger partial charge in [-0.2, -0.15) is 0 Å². The third kappa shape index (κ3) is 4.52. The van der Waals surface area contributed by atoms with Crippen molar-refractivity contribution in [2.75, 3.05) is 37.6 Å². The fourth-order valence-electron chi connectivity index (χ4n) is 4.45. The molecule has 1 amide bonds. The smallest absolute Gasteiger partial charge is 0.300 e. The molecule has 3 aromatic carbocycles. The van der Waals surface area contributed by atoms with E-state index >= 15 is 0 Å². The molecule has 4 rings (SSSR count). The van der Waals surface area contributed by atoms with E-state index in [2.05, 4.69) is 0 Å². The maximum Gasteiger partial charge on any atom is 0.300 e. The summed E-state index contributed by atoms with van der Waals surface area (Å²) in [6, 6.07) is 18.9. The summed E-state index contributed by atoms with van der Waals surface area (Å²) >= 11 is 0. The molecule has 3 aromatic rings. The minimum absolute atomic E-state index is 0.0231. The zero-order chi connectivity index (χ0) is 26.0. The fourth-order valence-corrected chi connectivity index (χ4v) is 4.45. The second-order valence-corrected chi connectivity index (χ2v) is 8.77. The molecule has 1 aliphatic heterocycles. The van der Waals surface area contributed by atoms with E-state index in [4.69, 9.17) is 9.47 Å². The predicted molar refractivity (Wildman–Crippen MR) is 141 cm³/mol. The first kappa shape index (κ1) is 24.9. The molecule has 0 radical (unpaired) electrons. The van der Waals surface area contributed by atoms with E-state index in [0.29, 0.717) is 34.9 Å². The maximum absolute atomic E-state index is 13.4. The van der Waals surface area contributed by atoms with E-state index < -0.39 is 17.7 Å². The summed E-state index contributed by atoms with van der Waals surface area (Å²) in [4.78, 5) is 30.2. The summed E-state index contributed by atoms with van der Waals surface area (Å²) in [6.45, 7) is 4.21. The summed E-state index contributed by atoms with van der Waals surface area (Å²) < 4.78 is 11.0. The zero-order valence-electron chi connectivity index (χ0n) is 21.1. The molecule has 0 bridgehead atoms. The number of aliphatic hydroxyl groups is 1. The van der Waals surface area contributed by atoms with Crippen molar-refractivity contribution in [2.45, 2.75) is 19.9 Å². The molecule has 1 unspecified atom stereocenters. The van der Waals surface area contributed by atoms with Crippen molar-refractivity contribution in [1.29, 1.82) is 0 Å². The normalized spacial score (nSPS) is 16.8. The van der Waals surface area contributed by atoms with Crippen LogP contribution in [0.5, 0.6) is 11.5 Å². The number of ether oxygens (including phenoxy) is 2. The average Bonchev–Trinajstić information content (AvgIpc) is 3.14. The van der Waals surface area contributed by atoms with Crippen molar-refractivity contribution in [3.8, 4) is 11.5 Å². The fraction of sp³-hybridized carbons (Fsp3) is 0.241. The Balaban J connectivity index is 1.91. The summed E-state index contributed by atoms with van der Waals surface area (Å²) in [5, 5.41) is 11.4. The summed E-state index contributed by atoms with van der Waals surface area (Å²) in [6.07, 6.45) is 0. The molecule has 186 valence electrons.